The van der Waals surface area contributed by atoms with Crippen LogP contribution in [-0.4, -0.2) is 17.1 Å². The summed E-state index contributed by atoms with van der Waals surface area (Å²) in [5, 5.41) is 0.476. The minimum Gasteiger partial charge on any atom is -0.475 e. The van der Waals surface area contributed by atoms with Gasteiger partial charge in [-0.15, -0.1) is 0 Å². The Labute approximate surface area is 96.7 Å². The van der Waals surface area contributed by atoms with E-state index >= 15 is 0 Å². The Morgan fingerprint density at radius 1 is 1.64 bits per heavy atom. The first-order valence-electron chi connectivity index (χ1n) is 4.11. The van der Waals surface area contributed by atoms with E-state index in [2.05, 4.69) is 20.9 Å². The Kier molecular flexibility index (Phi) is 3.75. The summed E-state index contributed by atoms with van der Waals surface area (Å²) in [5.41, 5.74) is 5.37. The zero-order chi connectivity index (χ0) is 10.8. The number of halogens is 2. The molecule has 2 N–H and O–H groups in total. The molecule has 1 aromatic heterocycles. The molecule has 78 valence electrons. The van der Waals surface area contributed by atoms with Crippen LogP contribution < -0.4 is 10.5 Å². The smallest absolute Gasteiger partial charge is 0.232 e. The number of ether oxygens (including phenoxy) is 1. The lowest BCUT2D eigenvalue weighted by atomic mass is 10.1. The fraction of sp³-hybridized carbons (Fsp3) is 0.444. The third kappa shape index (κ3) is 3.82. The van der Waals surface area contributed by atoms with Gasteiger partial charge in [-0.1, -0.05) is 11.6 Å². The van der Waals surface area contributed by atoms with Crippen LogP contribution in [0.25, 0.3) is 0 Å². The van der Waals surface area contributed by atoms with Crippen molar-refractivity contribution in [3.05, 3.63) is 21.8 Å². The van der Waals surface area contributed by atoms with E-state index in [4.69, 9.17) is 22.1 Å². The third-order valence-corrected chi connectivity index (χ3v) is 2.06. The molecule has 0 saturated heterocycles. The average Bonchev–Trinajstić information content (AvgIpc) is 2.00. The van der Waals surface area contributed by atoms with Gasteiger partial charge in [0.15, 0.2) is 0 Å². The van der Waals surface area contributed by atoms with Crippen molar-refractivity contribution in [2.75, 3.05) is 6.61 Å². The van der Waals surface area contributed by atoms with E-state index in [9.17, 15) is 0 Å². The second-order valence-electron chi connectivity index (χ2n) is 3.72. The van der Waals surface area contributed by atoms with Crippen molar-refractivity contribution in [3.63, 3.8) is 0 Å². The molecule has 3 nitrogen and oxygen atoms in total. The van der Waals surface area contributed by atoms with Crippen LogP contribution in [0.3, 0.4) is 0 Å². The Bertz CT molecular complexity index is 325. The van der Waals surface area contributed by atoms with Crippen LogP contribution in [-0.2, 0) is 0 Å². The topological polar surface area (TPSA) is 48.1 Å². The van der Waals surface area contributed by atoms with Crippen molar-refractivity contribution in [1.29, 1.82) is 0 Å². The van der Waals surface area contributed by atoms with Crippen LogP contribution in [0.4, 0.5) is 0 Å². The minimum atomic E-state index is -0.391. The van der Waals surface area contributed by atoms with Gasteiger partial charge in [-0.2, -0.15) is 0 Å². The van der Waals surface area contributed by atoms with Crippen LogP contribution in [0.1, 0.15) is 13.8 Å². The van der Waals surface area contributed by atoms with Crippen LogP contribution in [0.15, 0.2) is 16.7 Å². The van der Waals surface area contributed by atoms with E-state index in [1.54, 1.807) is 12.3 Å². The summed E-state index contributed by atoms with van der Waals surface area (Å²) in [7, 11) is 0. The minimum absolute atomic E-state index is 0.376. The first kappa shape index (κ1) is 11.8. The average molecular weight is 280 g/mol. The number of nitrogens with two attached hydrogens (primary N) is 1. The predicted octanol–water partition coefficient (Wildman–Crippen LogP) is 2.61. The Morgan fingerprint density at radius 3 is 2.79 bits per heavy atom. The highest BCUT2D eigenvalue weighted by Crippen LogP contribution is 2.25. The standard InChI is InChI=1S/C9H12BrClN2O/c1-9(2,12)5-14-8-7(11)3-6(10)4-13-8/h3-4H,5,12H2,1-2H3. The molecule has 1 aromatic rings. The summed E-state index contributed by atoms with van der Waals surface area (Å²) in [6.45, 7) is 4.13. The molecule has 0 aliphatic carbocycles. The molecule has 0 saturated carbocycles. The maximum Gasteiger partial charge on any atom is 0.232 e. The van der Waals surface area contributed by atoms with E-state index in [0.717, 1.165) is 4.47 Å². The first-order chi connectivity index (χ1) is 6.38. The van der Waals surface area contributed by atoms with Gasteiger partial charge in [-0.25, -0.2) is 4.98 Å². The van der Waals surface area contributed by atoms with Crippen LogP contribution in [0, 0.1) is 0 Å². The molecule has 0 fully saturated rings. The fourth-order valence-corrected chi connectivity index (χ4v) is 1.45. The summed E-state index contributed by atoms with van der Waals surface area (Å²) >= 11 is 9.16. The van der Waals surface area contributed by atoms with Gasteiger partial charge in [0.05, 0.1) is 0 Å². The maximum absolute atomic E-state index is 5.90. The van der Waals surface area contributed by atoms with Gasteiger partial charge in [0.2, 0.25) is 5.88 Å². The normalized spacial score (nSPS) is 11.5. The molecule has 0 aliphatic rings. The lowest BCUT2D eigenvalue weighted by Gasteiger charge is -2.18. The second kappa shape index (κ2) is 4.47. The molecule has 0 aromatic carbocycles. The van der Waals surface area contributed by atoms with Crippen molar-refractivity contribution in [1.82, 2.24) is 4.98 Å². The number of nitrogens with zero attached hydrogens (tertiary/aromatic N) is 1. The molecule has 0 amide bonds. The maximum atomic E-state index is 5.90. The molecule has 5 heteroatoms. The summed E-state index contributed by atoms with van der Waals surface area (Å²) in [5.74, 6) is 0.411. The second-order valence-corrected chi connectivity index (χ2v) is 5.04. The lowest BCUT2D eigenvalue weighted by molar-refractivity contribution is 0.235. The number of hydrogen-bond donors (Lipinski definition) is 1. The van der Waals surface area contributed by atoms with Gasteiger partial charge in [-0.3, -0.25) is 0 Å². The van der Waals surface area contributed by atoms with E-state index in [1.807, 2.05) is 13.8 Å². The highest BCUT2D eigenvalue weighted by Gasteiger charge is 2.13. The van der Waals surface area contributed by atoms with Gasteiger partial charge in [0.1, 0.15) is 11.6 Å². The predicted molar refractivity (Wildman–Crippen MR) is 60.7 cm³/mol. The van der Waals surface area contributed by atoms with Crippen LogP contribution >= 0.6 is 27.5 Å². The molecule has 0 unspecified atom stereocenters. The molecule has 0 bridgehead atoms. The van der Waals surface area contributed by atoms with Crippen LogP contribution in [0.5, 0.6) is 5.88 Å². The fourth-order valence-electron chi connectivity index (χ4n) is 0.763. The summed E-state index contributed by atoms with van der Waals surface area (Å²) < 4.78 is 6.19. The highest BCUT2D eigenvalue weighted by atomic mass is 79.9. The molecule has 14 heavy (non-hydrogen) atoms. The lowest BCUT2D eigenvalue weighted by Crippen LogP contribution is -2.38. The van der Waals surface area contributed by atoms with Gasteiger partial charge >= 0.3 is 0 Å². The summed E-state index contributed by atoms with van der Waals surface area (Å²) in [6, 6.07) is 1.73. The first-order valence-corrected chi connectivity index (χ1v) is 5.28. The molecule has 0 atom stereocenters. The van der Waals surface area contributed by atoms with Gasteiger partial charge in [-0.05, 0) is 35.8 Å². The Balaban J connectivity index is 2.68. The Morgan fingerprint density at radius 2 is 2.29 bits per heavy atom. The molecule has 0 aliphatic heterocycles. The van der Waals surface area contributed by atoms with Crippen LogP contribution in [0.2, 0.25) is 5.02 Å². The highest BCUT2D eigenvalue weighted by molar-refractivity contribution is 9.10. The van der Waals surface area contributed by atoms with E-state index in [1.165, 1.54) is 0 Å². The SMILES string of the molecule is CC(C)(N)COc1ncc(Br)cc1Cl. The molecule has 1 rings (SSSR count). The quantitative estimate of drug-likeness (QED) is 0.925. The van der Waals surface area contributed by atoms with Crippen molar-refractivity contribution in [3.8, 4) is 5.88 Å². The van der Waals surface area contributed by atoms with Gasteiger partial charge < -0.3 is 10.5 Å². The monoisotopic (exact) mass is 278 g/mol. The number of aromatic nitrogens is 1. The van der Waals surface area contributed by atoms with E-state index in [-0.39, 0.29) is 0 Å². The van der Waals surface area contributed by atoms with Gasteiger partial charge in [0.25, 0.3) is 0 Å². The zero-order valence-electron chi connectivity index (χ0n) is 8.05. The van der Waals surface area contributed by atoms with E-state index in [0.29, 0.717) is 17.5 Å². The summed E-state index contributed by atoms with van der Waals surface area (Å²) in [4.78, 5) is 4.02. The summed E-state index contributed by atoms with van der Waals surface area (Å²) in [6.07, 6.45) is 1.63. The largest absolute Gasteiger partial charge is 0.475 e. The molecular weight excluding hydrogens is 267 g/mol. The van der Waals surface area contributed by atoms with Crippen molar-refractivity contribution in [2.24, 2.45) is 5.73 Å². The van der Waals surface area contributed by atoms with E-state index < -0.39 is 5.54 Å². The molecular formula is C9H12BrClN2O. The number of pyridine rings is 1. The van der Waals surface area contributed by atoms with Crippen molar-refractivity contribution in [2.45, 2.75) is 19.4 Å². The molecule has 0 spiro atoms. The third-order valence-electron chi connectivity index (χ3n) is 1.35. The number of hydrogen-bond acceptors (Lipinski definition) is 3. The molecule has 0 radical (unpaired) electrons. The zero-order valence-corrected chi connectivity index (χ0v) is 10.4. The number of rotatable bonds is 3. The van der Waals surface area contributed by atoms with Crippen molar-refractivity contribution < 1.29 is 4.74 Å². The van der Waals surface area contributed by atoms with Crippen molar-refractivity contribution >= 4 is 27.5 Å². The Hall–Kier alpha value is -0.320. The molecule has 1 heterocycles. The van der Waals surface area contributed by atoms with Gasteiger partial charge in [0, 0.05) is 16.2 Å².